The quantitative estimate of drug-likeness (QED) is 0.0964. The Morgan fingerprint density at radius 2 is 1.35 bits per heavy atom. The van der Waals surface area contributed by atoms with Gasteiger partial charge in [-0.3, -0.25) is 0 Å². The monoisotopic (exact) mass is 602 g/mol. The van der Waals surface area contributed by atoms with Gasteiger partial charge in [0, 0.05) is 31.2 Å². The zero-order valence-electron chi connectivity index (χ0n) is 25.3. The fraction of sp³-hybridized carbons (Fsp3) is 0.387. The van der Waals surface area contributed by atoms with Gasteiger partial charge in [0.2, 0.25) is 0 Å². The highest BCUT2D eigenvalue weighted by atomic mass is 16.6. The molecule has 2 atom stereocenters. The first-order valence-corrected chi connectivity index (χ1v) is 13.2. The van der Waals surface area contributed by atoms with Gasteiger partial charge >= 0.3 is 17.9 Å². The van der Waals surface area contributed by atoms with E-state index in [1.165, 1.54) is 72.0 Å². The molecule has 43 heavy (non-hydrogen) atoms. The summed E-state index contributed by atoms with van der Waals surface area (Å²) in [5.74, 6) is -1.22. The molecule has 0 bridgehead atoms. The van der Waals surface area contributed by atoms with E-state index in [0.29, 0.717) is 17.3 Å². The topological polar surface area (TPSA) is 145 Å². The van der Waals surface area contributed by atoms with Gasteiger partial charge in [0.25, 0.3) is 0 Å². The molecule has 1 N–H and O–H groups in total. The number of ether oxygens (including phenoxy) is 8. The van der Waals surface area contributed by atoms with Crippen molar-refractivity contribution in [1.29, 1.82) is 0 Å². The number of benzene rings is 2. The van der Waals surface area contributed by atoms with Gasteiger partial charge in [0.15, 0.2) is 6.10 Å². The number of phenols is 1. The smallest absolute Gasteiger partial charge is 0.338 e. The van der Waals surface area contributed by atoms with E-state index in [-0.39, 0.29) is 40.7 Å². The molecule has 0 spiro atoms. The minimum absolute atomic E-state index is 0.0376. The number of hydrogen-bond donors (Lipinski definition) is 1. The Labute approximate surface area is 250 Å². The van der Waals surface area contributed by atoms with Crippen molar-refractivity contribution in [2.24, 2.45) is 0 Å². The molecule has 12 nitrogen and oxygen atoms in total. The van der Waals surface area contributed by atoms with E-state index in [4.69, 9.17) is 37.9 Å². The van der Waals surface area contributed by atoms with Crippen molar-refractivity contribution in [2.75, 3.05) is 48.8 Å². The van der Waals surface area contributed by atoms with Gasteiger partial charge in [0.05, 0.1) is 45.7 Å². The molecule has 0 saturated heterocycles. The minimum atomic E-state index is -1.23. The summed E-state index contributed by atoms with van der Waals surface area (Å²) < 4.78 is 42.5. The molecule has 234 valence electrons. The highest BCUT2D eigenvalue weighted by Crippen LogP contribution is 2.24. The third-order valence-electron chi connectivity index (χ3n) is 6.03. The highest BCUT2D eigenvalue weighted by Gasteiger charge is 2.24. The van der Waals surface area contributed by atoms with Gasteiger partial charge < -0.3 is 43.0 Å². The Morgan fingerprint density at radius 3 is 1.88 bits per heavy atom. The Hall–Kier alpha value is -4.71. The maximum absolute atomic E-state index is 13.1. The van der Waals surface area contributed by atoms with E-state index < -0.39 is 37.2 Å². The van der Waals surface area contributed by atoms with Gasteiger partial charge in [-0.1, -0.05) is 0 Å². The second kappa shape index (κ2) is 17.3. The van der Waals surface area contributed by atoms with Crippen molar-refractivity contribution in [3.63, 3.8) is 0 Å². The Bertz CT molecular complexity index is 1290. The third kappa shape index (κ3) is 10.9. The normalized spacial score (nSPS) is 12.9. The predicted octanol–water partition coefficient (Wildman–Crippen LogP) is 4.25. The molecule has 0 aromatic heterocycles. The molecule has 2 aromatic rings. The lowest BCUT2D eigenvalue weighted by molar-refractivity contribution is -0.143. The van der Waals surface area contributed by atoms with Gasteiger partial charge in [-0.05, 0) is 50.3 Å². The molecule has 0 radical (unpaired) electrons. The number of esters is 3. The molecule has 0 aliphatic heterocycles. The Morgan fingerprint density at radius 1 is 0.791 bits per heavy atom. The maximum Gasteiger partial charge on any atom is 0.338 e. The number of methoxy groups -OCH3 is 5. The third-order valence-corrected chi connectivity index (χ3v) is 6.03. The number of aromatic hydroxyl groups is 1. The van der Waals surface area contributed by atoms with Crippen LogP contribution in [-0.4, -0.2) is 84.0 Å². The number of carbonyl (C=O) groups excluding carboxylic acids is 3. The molecule has 2 unspecified atom stereocenters. The zero-order valence-corrected chi connectivity index (χ0v) is 25.3. The van der Waals surface area contributed by atoms with Crippen LogP contribution < -0.4 is 14.2 Å². The fourth-order valence-electron chi connectivity index (χ4n) is 3.62. The van der Waals surface area contributed by atoms with E-state index in [1.54, 1.807) is 26.0 Å². The zero-order chi connectivity index (χ0) is 31.9. The van der Waals surface area contributed by atoms with Crippen molar-refractivity contribution in [2.45, 2.75) is 32.5 Å². The summed E-state index contributed by atoms with van der Waals surface area (Å²) in [6, 6.07) is 8.34. The first kappa shape index (κ1) is 34.5. The van der Waals surface area contributed by atoms with Gasteiger partial charge in [-0.2, -0.15) is 0 Å². The molecular formula is C31H38O12. The Kier molecular flexibility index (Phi) is 13.9. The maximum atomic E-state index is 13.1. The lowest BCUT2D eigenvalue weighted by Gasteiger charge is -2.20. The number of allylic oxidation sites excluding steroid dienone is 2. The summed E-state index contributed by atoms with van der Waals surface area (Å²) in [4.78, 5) is 39.0. The van der Waals surface area contributed by atoms with Crippen LogP contribution in [0.5, 0.6) is 23.0 Å². The fourth-order valence-corrected chi connectivity index (χ4v) is 3.62. The van der Waals surface area contributed by atoms with Crippen LogP contribution in [-0.2, 0) is 28.5 Å². The lowest BCUT2D eigenvalue weighted by Crippen LogP contribution is -2.31. The summed E-state index contributed by atoms with van der Waals surface area (Å²) in [7, 11) is 7.22. The second-order valence-electron chi connectivity index (χ2n) is 9.06. The van der Waals surface area contributed by atoms with Crippen molar-refractivity contribution >= 4 is 17.9 Å². The summed E-state index contributed by atoms with van der Waals surface area (Å²) in [5.41, 5.74) is 0.324. The first-order valence-electron chi connectivity index (χ1n) is 13.2. The highest BCUT2D eigenvalue weighted by molar-refractivity contribution is 5.92. The molecule has 0 aliphatic rings. The van der Waals surface area contributed by atoms with Crippen LogP contribution in [0, 0.1) is 0 Å². The first-order chi connectivity index (χ1) is 20.6. The van der Waals surface area contributed by atoms with Gasteiger partial charge in [0.1, 0.15) is 42.0 Å². The minimum Gasteiger partial charge on any atom is -0.508 e. The van der Waals surface area contributed by atoms with Crippen LogP contribution in [0.3, 0.4) is 0 Å². The molecular weight excluding hydrogens is 564 g/mol. The average molecular weight is 603 g/mol. The molecule has 0 amide bonds. The van der Waals surface area contributed by atoms with Crippen LogP contribution in [0.25, 0.3) is 0 Å². The van der Waals surface area contributed by atoms with Gasteiger partial charge in [-0.25, -0.2) is 14.4 Å². The Balaban J connectivity index is 2.29. The summed E-state index contributed by atoms with van der Waals surface area (Å²) in [6.07, 6.45) is 1.85. The van der Waals surface area contributed by atoms with Crippen molar-refractivity contribution < 1.29 is 57.4 Å². The van der Waals surface area contributed by atoms with Crippen LogP contribution in [0.2, 0.25) is 0 Å². The summed E-state index contributed by atoms with van der Waals surface area (Å²) in [5, 5.41) is 9.96. The predicted molar refractivity (Wildman–Crippen MR) is 155 cm³/mol. The van der Waals surface area contributed by atoms with E-state index in [1.807, 2.05) is 0 Å². The molecule has 2 rings (SSSR count). The van der Waals surface area contributed by atoms with Gasteiger partial charge in [-0.15, -0.1) is 0 Å². The van der Waals surface area contributed by atoms with Crippen molar-refractivity contribution in [3.8, 4) is 23.0 Å². The standard InChI is InChI=1S/C31H38O12/c1-8-24(37-4)11-20(9-19(2)36-3)29(33)41-17-28(43-31(35)21-10-23(32)15-25(12-21)38-5)18-42-30(34)22-13-26(39-6)16-27(14-22)40-7/h8,10-16,19,28,32H,9,17-18H2,1-7H3/b20-11+,24-8+. The number of carbonyl (C=O) groups is 3. The van der Waals surface area contributed by atoms with Crippen LogP contribution in [0.4, 0.5) is 0 Å². The van der Waals surface area contributed by atoms with Crippen molar-refractivity contribution in [3.05, 3.63) is 71.0 Å². The molecule has 0 saturated carbocycles. The van der Waals surface area contributed by atoms with Crippen LogP contribution in [0.15, 0.2) is 59.9 Å². The molecule has 0 heterocycles. The summed E-state index contributed by atoms with van der Waals surface area (Å²) in [6.45, 7) is 2.59. The van der Waals surface area contributed by atoms with E-state index >= 15 is 0 Å². The van der Waals surface area contributed by atoms with Crippen molar-refractivity contribution in [1.82, 2.24) is 0 Å². The average Bonchev–Trinajstić information content (AvgIpc) is 3.02. The van der Waals surface area contributed by atoms with E-state index in [2.05, 4.69) is 0 Å². The summed E-state index contributed by atoms with van der Waals surface area (Å²) >= 11 is 0. The molecule has 12 heteroatoms. The number of phenolic OH excluding ortho intramolecular Hbond substituents is 1. The second-order valence-corrected chi connectivity index (χ2v) is 9.06. The molecule has 0 aliphatic carbocycles. The number of rotatable bonds is 16. The van der Waals surface area contributed by atoms with Crippen LogP contribution in [0.1, 0.15) is 41.0 Å². The van der Waals surface area contributed by atoms with Crippen LogP contribution >= 0.6 is 0 Å². The SMILES string of the molecule is C/C=C(\C=C(/CC(C)OC)C(=O)OCC(COC(=O)c1cc(OC)cc(OC)c1)OC(=O)c1cc(O)cc(OC)c1)OC. The number of hydrogen-bond acceptors (Lipinski definition) is 12. The van der Waals surface area contributed by atoms with E-state index in [0.717, 1.165) is 0 Å². The molecule has 2 aromatic carbocycles. The molecule has 0 fully saturated rings. The lowest BCUT2D eigenvalue weighted by atomic mass is 10.1. The largest absolute Gasteiger partial charge is 0.508 e. The van der Waals surface area contributed by atoms with E-state index in [9.17, 15) is 19.5 Å².